The van der Waals surface area contributed by atoms with E-state index in [1.54, 1.807) is 6.07 Å². The number of hydrogen-bond donors (Lipinski definition) is 2. The molecule has 4 nitrogen and oxygen atoms in total. The summed E-state index contributed by atoms with van der Waals surface area (Å²) in [5, 5.41) is 12.2. The maximum absolute atomic E-state index is 13.2. The highest BCUT2D eigenvalue weighted by Crippen LogP contribution is 2.18. The third kappa shape index (κ3) is 3.93. The van der Waals surface area contributed by atoms with Crippen molar-refractivity contribution in [3.05, 3.63) is 70.0 Å². The number of oxime groups is 1. The Morgan fingerprint density at radius 3 is 2.62 bits per heavy atom. The molecule has 0 aliphatic rings. The van der Waals surface area contributed by atoms with Gasteiger partial charge in [0.15, 0.2) is 5.84 Å². The number of halogens is 2. The molecule has 0 saturated carbocycles. The molecule has 0 amide bonds. The molecule has 0 unspecified atom stereocenters. The summed E-state index contributed by atoms with van der Waals surface area (Å²) in [7, 11) is 0. The van der Waals surface area contributed by atoms with Gasteiger partial charge >= 0.3 is 0 Å². The van der Waals surface area contributed by atoms with Gasteiger partial charge in [0, 0.05) is 10.6 Å². The highest BCUT2D eigenvalue weighted by atomic mass is 35.5. The van der Waals surface area contributed by atoms with E-state index < -0.39 is 5.82 Å². The average molecular weight is 309 g/mol. The fourth-order valence-corrected chi connectivity index (χ4v) is 2.04. The smallest absolute Gasteiger partial charge is 0.170 e. The van der Waals surface area contributed by atoms with Crippen molar-refractivity contribution in [2.45, 2.75) is 13.2 Å². The van der Waals surface area contributed by atoms with Gasteiger partial charge in [0.25, 0.3) is 0 Å². The molecular formula is C15H14ClFN2O2. The van der Waals surface area contributed by atoms with Crippen LogP contribution >= 0.6 is 11.6 Å². The van der Waals surface area contributed by atoms with Crippen LogP contribution in [0.1, 0.15) is 16.7 Å². The Morgan fingerprint density at radius 2 is 1.90 bits per heavy atom. The fraction of sp³-hybridized carbons (Fsp3) is 0.133. The standard InChI is InChI=1S/C15H14ClFN2O2/c16-14-4-2-1-3-11(14)9-21-8-10-5-6-12(17)7-13(10)15(18)19-20/h1-7,20H,8-9H2,(H2,18,19). The fourth-order valence-electron chi connectivity index (χ4n) is 1.85. The van der Waals surface area contributed by atoms with Gasteiger partial charge in [-0.15, -0.1) is 0 Å². The van der Waals surface area contributed by atoms with Crippen molar-refractivity contribution in [2.75, 3.05) is 0 Å². The molecule has 2 aromatic rings. The summed E-state index contributed by atoms with van der Waals surface area (Å²) in [4.78, 5) is 0. The van der Waals surface area contributed by atoms with Crippen LogP contribution in [-0.4, -0.2) is 11.0 Å². The first-order chi connectivity index (χ1) is 10.1. The van der Waals surface area contributed by atoms with Crippen LogP contribution in [-0.2, 0) is 18.0 Å². The van der Waals surface area contributed by atoms with Gasteiger partial charge in [-0.1, -0.05) is 41.0 Å². The summed E-state index contributed by atoms with van der Waals surface area (Å²) in [5.41, 5.74) is 7.31. The quantitative estimate of drug-likeness (QED) is 0.385. The zero-order valence-corrected chi connectivity index (χ0v) is 11.8. The Labute approximate surface area is 126 Å². The number of rotatable bonds is 5. The molecule has 0 spiro atoms. The van der Waals surface area contributed by atoms with Gasteiger partial charge in [-0.05, 0) is 29.3 Å². The molecule has 0 saturated heterocycles. The summed E-state index contributed by atoms with van der Waals surface area (Å²) in [6.07, 6.45) is 0. The first-order valence-corrected chi connectivity index (χ1v) is 6.57. The lowest BCUT2D eigenvalue weighted by molar-refractivity contribution is 0.107. The number of nitrogens with zero attached hydrogens (tertiary/aromatic N) is 1. The largest absolute Gasteiger partial charge is 0.409 e. The molecule has 0 aliphatic heterocycles. The van der Waals surface area contributed by atoms with Crippen LogP contribution in [0.5, 0.6) is 0 Å². The molecule has 0 atom stereocenters. The second-order valence-electron chi connectivity index (χ2n) is 4.37. The zero-order chi connectivity index (χ0) is 15.2. The van der Waals surface area contributed by atoms with E-state index in [0.29, 0.717) is 22.8 Å². The molecule has 0 fully saturated rings. The van der Waals surface area contributed by atoms with Crippen LogP contribution in [0.3, 0.4) is 0 Å². The van der Waals surface area contributed by atoms with Gasteiger partial charge in [-0.3, -0.25) is 0 Å². The summed E-state index contributed by atoms with van der Waals surface area (Å²) >= 11 is 6.03. The van der Waals surface area contributed by atoms with E-state index in [2.05, 4.69) is 5.16 Å². The van der Waals surface area contributed by atoms with E-state index in [-0.39, 0.29) is 12.4 Å². The van der Waals surface area contributed by atoms with Gasteiger partial charge in [0.2, 0.25) is 0 Å². The van der Waals surface area contributed by atoms with Crippen molar-refractivity contribution in [2.24, 2.45) is 10.9 Å². The summed E-state index contributed by atoms with van der Waals surface area (Å²) in [5.74, 6) is -0.628. The molecule has 0 bridgehead atoms. The Balaban J connectivity index is 2.08. The topological polar surface area (TPSA) is 67.8 Å². The molecular weight excluding hydrogens is 295 g/mol. The minimum Gasteiger partial charge on any atom is -0.409 e. The van der Waals surface area contributed by atoms with Gasteiger partial charge in [0.1, 0.15) is 5.82 Å². The van der Waals surface area contributed by atoms with Crippen LogP contribution in [0.2, 0.25) is 5.02 Å². The van der Waals surface area contributed by atoms with Crippen LogP contribution < -0.4 is 5.73 Å². The number of hydrogen-bond acceptors (Lipinski definition) is 3. The number of ether oxygens (including phenoxy) is 1. The lowest BCUT2D eigenvalue weighted by Crippen LogP contribution is -2.16. The number of benzene rings is 2. The lowest BCUT2D eigenvalue weighted by atomic mass is 10.1. The second-order valence-corrected chi connectivity index (χ2v) is 4.78. The van der Waals surface area contributed by atoms with Crippen molar-refractivity contribution in [1.29, 1.82) is 0 Å². The van der Waals surface area contributed by atoms with Gasteiger partial charge in [-0.2, -0.15) is 0 Å². The maximum atomic E-state index is 13.2. The Morgan fingerprint density at radius 1 is 1.19 bits per heavy atom. The maximum Gasteiger partial charge on any atom is 0.170 e. The third-order valence-corrected chi connectivity index (χ3v) is 3.30. The first-order valence-electron chi connectivity index (χ1n) is 6.19. The highest BCUT2D eigenvalue weighted by Gasteiger charge is 2.09. The average Bonchev–Trinajstić information content (AvgIpc) is 2.49. The zero-order valence-electron chi connectivity index (χ0n) is 11.1. The van der Waals surface area contributed by atoms with E-state index in [4.69, 9.17) is 27.3 Å². The summed E-state index contributed by atoms with van der Waals surface area (Å²) in [6, 6.07) is 11.4. The minimum atomic E-state index is -0.466. The Hall–Kier alpha value is -2.11. The van der Waals surface area contributed by atoms with E-state index in [1.807, 2.05) is 18.2 Å². The van der Waals surface area contributed by atoms with Gasteiger partial charge < -0.3 is 15.7 Å². The second kappa shape index (κ2) is 7.06. The van der Waals surface area contributed by atoms with Gasteiger partial charge in [-0.25, -0.2) is 4.39 Å². The van der Waals surface area contributed by atoms with E-state index in [1.165, 1.54) is 18.2 Å². The van der Waals surface area contributed by atoms with Crippen molar-refractivity contribution < 1.29 is 14.3 Å². The molecule has 0 aromatic heterocycles. The highest BCUT2D eigenvalue weighted by molar-refractivity contribution is 6.31. The normalized spacial score (nSPS) is 11.6. The van der Waals surface area contributed by atoms with Crippen LogP contribution in [0.25, 0.3) is 0 Å². The molecule has 0 heterocycles. The molecule has 0 aliphatic carbocycles. The third-order valence-electron chi connectivity index (χ3n) is 2.93. The van der Waals surface area contributed by atoms with Crippen molar-refractivity contribution in [1.82, 2.24) is 0 Å². The monoisotopic (exact) mass is 308 g/mol. The van der Waals surface area contributed by atoms with Crippen LogP contribution in [0.4, 0.5) is 4.39 Å². The lowest BCUT2D eigenvalue weighted by Gasteiger charge is -2.10. The summed E-state index contributed by atoms with van der Waals surface area (Å²) in [6.45, 7) is 0.504. The molecule has 21 heavy (non-hydrogen) atoms. The molecule has 110 valence electrons. The van der Waals surface area contributed by atoms with Crippen molar-refractivity contribution in [3.8, 4) is 0 Å². The van der Waals surface area contributed by atoms with Crippen LogP contribution in [0.15, 0.2) is 47.6 Å². The SMILES string of the molecule is NC(=NO)c1cc(F)ccc1COCc1ccccc1Cl. The summed E-state index contributed by atoms with van der Waals surface area (Å²) < 4.78 is 18.8. The molecule has 6 heteroatoms. The van der Waals surface area contributed by atoms with Gasteiger partial charge in [0.05, 0.1) is 13.2 Å². The Kier molecular flexibility index (Phi) is 5.14. The molecule has 0 radical (unpaired) electrons. The van der Waals surface area contributed by atoms with Crippen molar-refractivity contribution >= 4 is 17.4 Å². The Bertz CT molecular complexity index is 662. The molecule has 2 rings (SSSR count). The molecule has 3 N–H and O–H groups in total. The first kappa shape index (κ1) is 15.3. The van der Waals surface area contributed by atoms with Crippen LogP contribution in [0, 0.1) is 5.82 Å². The number of amidine groups is 1. The van der Waals surface area contributed by atoms with E-state index >= 15 is 0 Å². The predicted octanol–water partition coefficient (Wildman–Crippen LogP) is 3.29. The van der Waals surface area contributed by atoms with E-state index in [9.17, 15) is 4.39 Å². The van der Waals surface area contributed by atoms with E-state index in [0.717, 1.165) is 5.56 Å². The predicted molar refractivity (Wildman–Crippen MR) is 78.9 cm³/mol. The number of nitrogens with two attached hydrogens (primary N) is 1. The van der Waals surface area contributed by atoms with Crippen molar-refractivity contribution in [3.63, 3.8) is 0 Å². The minimum absolute atomic E-state index is 0.161. The molecule has 2 aromatic carbocycles.